The highest BCUT2D eigenvalue weighted by Gasteiger charge is 2.37. The highest BCUT2D eigenvalue weighted by molar-refractivity contribution is 5.84. The Morgan fingerprint density at radius 2 is 1.88 bits per heavy atom. The van der Waals surface area contributed by atoms with E-state index in [1.165, 1.54) is 0 Å². The van der Waals surface area contributed by atoms with E-state index in [0.717, 1.165) is 24.8 Å². The van der Waals surface area contributed by atoms with Gasteiger partial charge in [0.25, 0.3) is 0 Å². The fourth-order valence-electron chi connectivity index (χ4n) is 3.40. The smallest absolute Gasteiger partial charge is 0.317 e. The van der Waals surface area contributed by atoms with Crippen molar-refractivity contribution in [3.63, 3.8) is 0 Å². The molecule has 2 N–H and O–H groups in total. The van der Waals surface area contributed by atoms with Crippen LogP contribution < -0.4 is 10.6 Å². The summed E-state index contributed by atoms with van der Waals surface area (Å²) in [5.41, 5.74) is 0.686. The number of methoxy groups -OCH3 is 1. The molecule has 0 aromatic heterocycles. The molecule has 6 heteroatoms. The summed E-state index contributed by atoms with van der Waals surface area (Å²) in [5.74, 6) is -0.184. The van der Waals surface area contributed by atoms with E-state index in [4.69, 9.17) is 4.74 Å². The molecule has 0 bridgehead atoms. The van der Waals surface area contributed by atoms with E-state index in [0.29, 0.717) is 26.2 Å². The molecule has 26 heavy (non-hydrogen) atoms. The molecule has 1 heterocycles. The molecule has 6 nitrogen and oxygen atoms in total. The van der Waals surface area contributed by atoms with Gasteiger partial charge in [-0.3, -0.25) is 4.79 Å². The molecular formula is C20H31N3O3. The summed E-state index contributed by atoms with van der Waals surface area (Å²) in [4.78, 5) is 26.7. The van der Waals surface area contributed by atoms with E-state index in [1.807, 2.05) is 49.1 Å². The Morgan fingerprint density at radius 1 is 1.23 bits per heavy atom. The number of benzene rings is 1. The van der Waals surface area contributed by atoms with Crippen LogP contribution in [0, 0.1) is 0 Å². The van der Waals surface area contributed by atoms with E-state index in [2.05, 4.69) is 10.6 Å². The second kappa shape index (κ2) is 9.57. The zero-order valence-corrected chi connectivity index (χ0v) is 16.1. The summed E-state index contributed by atoms with van der Waals surface area (Å²) in [7, 11) is 1.67. The summed E-state index contributed by atoms with van der Waals surface area (Å²) >= 11 is 0. The van der Waals surface area contributed by atoms with E-state index >= 15 is 0 Å². The lowest BCUT2D eigenvalue weighted by Gasteiger charge is -2.43. The summed E-state index contributed by atoms with van der Waals surface area (Å²) in [6, 6.07) is 9.77. The number of nitrogens with zero attached hydrogens (tertiary/aromatic N) is 1. The van der Waals surface area contributed by atoms with Crippen LogP contribution in [0.4, 0.5) is 4.79 Å². The molecule has 1 unspecified atom stereocenters. The van der Waals surface area contributed by atoms with Crippen molar-refractivity contribution < 1.29 is 14.3 Å². The van der Waals surface area contributed by atoms with Crippen LogP contribution in [0.15, 0.2) is 30.3 Å². The van der Waals surface area contributed by atoms with Gasteiger partial charge in [-0.05, 0) is 38.7 Å². The van der Waals surface area contributed by atoms with Crippen LogP contribution in [-0.2, 0) is 9.53 Å². The molecule has 3 amide bonds. The Balaban J connectivity index is 2.03. The van der Waals surface area contributed by atoms with Gasteiger partial charge in [0, 0.05) is 38.9 Å². The summed E-state index contributed by atoms with van der Waals surface area (Å²) in [6.45, 7) is 6.32. The number of hydrogen-bond donors (Lipinski definition) is 2. The van der Waals surface area contributed by atoms with E-state index < -0.39 is 0 Å². The molecule has 0 radical (unpaired) electrons. The van der Waals surface area contributed by atoms with Gasteiger partial charge in [-0.1, -0.05) is 30.3 Å². The first kappa shape index (κ1) is 20.2. The van der Waals surface area contributed by atoms with Crippen LogP contribution in [0.1, 0.15) is 44.6 Å². The van der Waals surface area contributed by atoms with Crippen molar-refractivity contribution in [3.05, 3.63) is 35.9 Å². The van der Waals surface area contributed by atoms with E-state index in [-0.39, 0.29) is 23.4 Å². The van der Waals surface area contributed by atoms with Crippen LogP contribution in [0.3, 0.4) is 0 Å². The van der Waals surface area contributed by atoms with E-state index in [9.17, 15) is 9.59 Å². The van der Waals surface area contributed by atoms with Crippen molar-refractivity contribution in [2.45, 2.75) is 44.6 Å². The number of piperidine rings is 1. The largest absolute Gasteiger partial charge is 0.385 e. The fraction of sp³-hybridized carbons (Fsp3) is 0.600. The maximum Gasteiger partial charge on any atom is 0.317 e. The van der Waals surface area contributed by atoms with Crippen LogP contribution in [0.25, 0.3) is 0 Å². The Bertz CT molecular complexity index is 583. The minimum atomic E-state index is -0.320. The van der Waals surface area contributed by atoms with Crippen molar-refractivity contribution in [2.75, 3.05) is 33.4 Å². The molecule has 1 aliphatic heterocycles. The second-order valence-electron chi connectivity index (χ2n) is 6.97. The lowest BCUT2D eigenvalue weighted by atomic mass is 9.83. The topological polar surface area (TPSA) is 70.7 Å². The molecule has 2 rings (SSSR count). The van der Waals surface area contributed by atoms with Crippen LogP contribution in [-0.4, -0.2) is 55.7 Å². The molecule has 144 valence electrons. The van der Waals surface area contributed by atoms with Gasteiger partial charge in [0.15, 0.2) is 0 Å². The number of carbonyl (C=O) groups excluding carboxylic acids is 2. The molecule has 0 spiro atoms. The number of urea groups is 1. The van der Waals surface area contributed by atoms with Crippen molar-refractivity contribution in [2.24, 2.45) is 0 Å². The first-order valence-electron chi connectivity index (χ1n) is 9.40. The van der Waals surface area contributed by atoms with Gasteiger partial charge in [-0.25, -0.2) is 4.79 Å². The van der Waals surface area contributed by atoms with Gasteiger partial charge < -0.3 is 20.3 Å². The lowest BCUT2D eigenvalue weighted by Crippen LogP contribution is -2.58. The summed E-state index contributed by atoms with van der Waals surface area (Å²) in [5, 5.41) is 6.12. The molecule has 1 aromatic rings. The third kappa shape index (κ3) is 5.21. The van der Waals surface area contributed by atoms with Crippen LogP contribution in [0.2, 0.25) is 0 Å². The van der Waals surface area contributed by atoms with Crippen molar-refractivity contribution in [1.29, 1.82) is 0 Å². The quantitative estimate of drug-likeness (QED) is 0.784. The Labute approximate surface area is 156 Å². The van der Waals surface area contributed by atoms with Crippen molar-refractivity contribution in [3.8, 4) is 0 Å². The molecule has 1 aromatic carbocycles. The standard InChI is InChI=1S/C20H31N3O3/c1-4-21-19(25)23-13-10-20(11-14-23,12-15-26-3)22-18(24)16(2)17-8-6-5-7-9-17/h5-9,16H,4,10-15H2,1-3H3,(H,21,25)(H,22,24). The zero-order valence-electron chi connectivity index (χ0n) is 16.1. The molecule has 0 aliphatic carbocycles. The minimum absolute atomic E-state index is 0.0266. The van der Waals surface area contributed by atoms with Gasteiger partial charge >= 0.3 is 6.03 Å². The predicted octanol–water partition coefficient (Wildman–Crippen LogP) is 2.51. The Morgan fingerprint density at radius 3 is 2.46 bits per heavy atom. The molecule has 1 saturated heterocycles. The predicted molar refractivity (Wildman–Crippen MR) is 102 cm³/mol. The summed E-state index contributed by atoms with van der Waals surface area (Å²) in [6.07, 6.45) is 2.22. The number of ether oxygens (including phenoxy) is 1. The maximum atomic E-state index is 12.9. The van der Waals surface area contributed by atoms with Gasteiger partial charge in [-0.15, -0.1) is 0 Å². The normalized spacial score (nSPS) is 17.4. The molecule has 1 fully saturated rings. The number of amides is 3. The van der Waals surface area contributed by atoms with Gasteiger partial charge in [-0.2, -0.15) is 0 Å². The number of hydrogen-bond acceptors (Lipinski definition) is 3. The van der Waals surface area contributed by atoms with Crippen LogP contribution in [0.5, 0.6) is 0 Å². The molecule has 1 atom stereocenters. The third-order valence-electron chi connectivity index (χ3n) is 5.20. The number of rotatable bonds is 7. The van der Waals surface area contributed by atoms with Crippen molar-refractivity contribution in [1.82, 2.24) is 15.5 Å². The SMILES string of the molecule is CCNC(=O)N1CCC(CCOC)(NC(=O)C(C)c2ccccc2)CC1. The van der Waals surface area contributed by atoms with Gasteiger partial charge in [0.05, 0.1) is 5.92 Å². The van der Waals surface area contributed by atoms with E-state index in [1.54, 1.807) is 7.11 Å². The lowest BCUT2D eigenvalue weighted by molar-refractivity contribution is -0.125. The van der Waals surface area contributed by atoms with Gasteiger partial charge in [0.2, 0.25) is 5.91 Å². The second-order valence-corrected chi connectivity index (χ2v) is 6.97. The highest BCUT2D eigenvalue weighted by atomic mass is 16.5. The maximum absolute atomic E-state index is 12.9. The van der Waals surface area contributed by atoms with Crippen molar-refractivity contribution >= 4 is 11.9 Å². The number of nitrogens with one attached hydrogen (secondary N) is 2. The molecular weight excluding hydrogens is 330 g/mol. The first-order valence-corrected chi connectivity index (χ1v) is 9.40. The Hall–Kier alpha value is -2.08. The summed E-state index contributed by atoms with van der Waals surface area (Å²) < 4.78 is 5.26. The average Bonchev–Trinajstić information content (AvgIpc) is 2.67. The van der Waals surface area contributed by atoms with Crippen LogP contribution >= 0.6 is 0 Å². The van der Waals surface area contributed by atoms with Gasteiger partial charge in [0.1, 0.15) is 0 Å². The number of carbonyl (C=O) groups is 2. The number of likely N-dealkylation sites (tertiary alicyclic amines) is 1. The minimum Gasteiger partial charge on any atom is -0.385 e. The molecule has 0 saturated carbocycles. The fourth-order valence-corrected chi connectivity index (χ4v) is 3.40. The third-order valence-corrected chi connectivity index (χ3v) is 5.20. The average molecular weight is 361 g/mol. The monoisotopic (exact) mass is 361 g/mol. The Kier molecular flexibility index (Phi) is 7.45. The molecule has 1 aliphatic rings. The highest BCUT2D eigenvalue weighted by Crippen LogP contribution is 2.28. The zero-order chi connectivity index (χ0) is 19.0. The first-order chi connectivity index (χ1) is 12.5.